The van der Waals surface area contributed by atoms with E-state index >= 15 is 0 Å². The van der Waals surface area contributed by atoms with E-state index in [-0.39, 0.29) is 42.1 Å². The standard InChI is InChI=1S/C22H23FN4O5S/c1-26(2)19(14-5-4-6-15(23)7-14)10-24-22(28)17-8-20(31-3)21(9-18(17)27(29)30)32-11-16-12-33-13-25-16/h4-9,12-13,19H,10-11H2,1-3H3,(H,24,28). The molecule has 3 rings (SSSR count). The first-order chi connectivity index (χ1) is 15.8. The van der Waals surface area contributed by atoms with Crippen molar-refractivity contribution in [1.82, 2.24) is 15.2 Å². The molecule has 0 radical (unpaired) electrons. The lowest BCUT2D eigenvalue weighted by Crippen LogP contribution is -2.34. The first kappa shape index (κ1) is 24.1. The second-order valence-corrected chi connectivity index (χ2v) is 8.01. The third kappa shape index (κ3) is 6.02. The highest BCUT2D eigenvalue weighted by Crippen LogP contribution is 2.35. The number of hydrogen-bond donors (Lipinski definition) is 1. The number of methoxy groups -OCH3 is 1. The van der Waals surface area contributed by atoms with Gasteiger partial charge in [-0.15, -0.1) is 11.3 Å². The molecule has 1 aromatic heterocycles. The summed E-state index contributed by atoms with van der Waals surface area (Å²) in [4.78, 5) is 29.9. The second kappa shape index (κ2) is 10.8. The maximum Gasteiger partial charge on any atom is 0.286 e. The number of likely N-dealkylation sites (N-methyl/N-ethyl adjacent to an activating group) is 1. The Labute approximate surface area is 193 Å². The molecule has 1 heterocycles. The molecule has 1 N–H and O–H groups in total. The van der Waals surface area contributed by atoms with Gasteiger partial charge in [-0.2, -0.15) is 0 Å². The Morgan fingerprint density at radius 3 is 2.70 bits per heavy atom. The van der Waals surface area contributed by atoms with Gasteiger partial charge in [-0.3, -0.25) is 14.9 Å². The molecule has 0 spiro atoms. The topological polar surface area (TPSA) is 107 Å². The third-order valence-corrected chi connectivity index (χ3v) is 5.53. The Morgan fingerprint density at radius 1 is 1.30 bits per heavy atom. The lowest BCUT2D eigenvalue weighted by atomic mass is 10.1. The van der Waals surface area contributed by atoms with Crippen LogP contribution in [0.3, 0.4) is 0 Å². The maximum absolute atomic E-state index is 13.7. The van der Waals surface area contributed by atoms with Gasteiger partial charge >= 0.3 is 0 Å². The second-order valence-electron chi connectivity index (χ2n) is 7.29. The van der Waals surface area contributed by atoms with E-state index in [2.05, 4.69) is 10.3 Å². The van der Waals surface area contributed by atoms with Crippen LogP contribution in [-0.4, -0.2) is 48.5 Å². The van der Waals surface area contributed by atoms with Gasteiger partial charge in [-0.25, -0.2) is 9.37 Å². The minimum absolute atomic E-state index is 0.0979. The smallest absolute Gasteiger partial charge is 0.286 e. The normalized spacial score (nSPS) is 11.8. The van der Waals surface area contributed by atoms with Crippen LogP contribution in [0.15, 0.2) is 47.3 Å². The number of hydrogen-bond acceptors (Lipinski definition) is 8. The quantitative estimate of drug-likeness (QED) is 0.352. The van der Waals surface area contributed by atoms with Crippen molar-refractivity contribution in [3.63, 3.8) is 0 Å². The Bertz CT molecular complexity index is 1120. The Kier molecular flexibility index (Phi) is 7.91. The van der Waals surface area contributed by atoms with Crippen LogP contribution in [-0.2, 0) is 6.61 Å². The lowest BCUT2D eigenvalue weighted by molar-refractivity contribution is -0.385. The summed E-state index contributed by atoms with van der Waals surface area (Å²) in [5, 5.41) is 16.2. The third-order valence-electron chi connectivity index (χ3n) is 4.90. The molecule has 2 aromatic carbocycles. The fourth-order valence-corrected chi connectivity index (χ4v) is 3.76. The number of thiazole rings is 1. The number of nitro groups is 1. The van der Waals surface area contributed by atoms with E-state index in [4.69, 9.17) is 9.47 Å². The van der Waals surface area contributed by atoms with Gasteiger partial charge in [0.2, 0.25) is 0 Å². The van der Waals surface area contributed by atoms with E-state index in [9.17, 15) is 19.3 Å². The van der Waals surface area contributed by atoms with Crippen molar-refractivity contribution in [2.24, 2.45) is 0 Å². The summed E-state index contributed by atoms with van der Waals surface area (Å²) in [6.07, 6.45) is 0. The summed E-state index contributed by atoms with van der Waals surface area (Å²) in [7, 11) is 4.97. The van der Waals surface area contributed by atoms with Crippen LogP contribution in [0.2, 0.25) is 0 Å². The SMILES string of the molecule is COc1cc(C(=O)NCC(c2cccc(F)c2)N(C)C)c([N+](=O)[O-])cc1OCc1cscn1. The molecule has 0 saturated heterocycles. The van der Waals surface area contributed by atoms with Crippen LogP contribution < -0.4 is 14.8 Å². The van der Waals surface area contributed by atoms with Crippen molar-refractivity contribution in [3.8, 4) is 11.5 Å². The molecule has 0 saturated carbocycles. The van der Waals surface area contributed by atoms with E-state index in [0.717, 1.165) is 6.07 Å². The molecule has 0 aliphatic rings. The van der Waals surface area contributed by atoms with Crippen molar-refractivity contribution < 1.29 is 23.6 Å². The van der Waals surface area contributed by atoms with Gasteiger partial charge in [0, 0.05) is 18.0 Å². The fraction of sp³-hybridized carbons (Fsp3) is 0.273. The van der Waals surface area contributed by atoms with Gasteiger partial charge in [-0.1, -0.05) is 12.1 Å². The monoisotopic (exact) mass is 474 g/mol. The summed E-state index contributed by atoms with van der Waals surface area (Å²) >= 11 is 1.40. The Balaban J connectivity index is 1.82. The van der Waals surface area contributed by atoms with Crippen molar-refractivity contribution >= 4 is 22.9 Å². The van der Waals surface area contributed by atoms with E-state index in [1.54, 1.807) is 37.1 Å². The van der Waals surface area contributed by atoms with Gasteiger partial charge in [-0.05, 0) is 31.8 Å². The number of aromatic nitrogens is 1. The number of halogens is 1. The summed E-state index contributed by atoms with van der Waals surface area (Å²) in [5.41, 5.74) is 2.39. The Hall–Kier alpha value is -3.57. The lowest BCUT2D eigenvalue weighted by Gasteiger charge is -2.25. The molecule has 0 aliphatic carbocycles. The predicted octanol–water partition coefficient (Wildman–Crippen LogP) is 3.81. The predicted molar refractivity (Wildman–Crippen MR) is 121 cm³/mol. The van der Waals surface area contributed by atoms with Crippen LogP contribution in [0, 0.1) is 15.9 Å². The molecule has 0 aliphatic heterocycles. The molecule has 1 unspecified atom stereocenters. The molecule has 11 heteroatoms. The maximum atomic E-state index is 13.7. The number of nitrogens with one attached hydrogen (secondary N) is 1. The van der Waals surface area contributed by atoms with Crippen LogP contribution in [0.4, 0.5) is 10.1 Å². The van der Waals surface area contributed by atoms with Crippen LogP contribution in [0.1, 0.15) is 27.7 Å². The minimum atomic E-state index is -0.658. The zero-order valence-electron chi connectivity index (χ0n) is 18.3. The molecule has 174 valence electrons. The van der Waals surface area contributed by atoms with Crippen molar-refractivity contribution in [1.29, 1.82) is 0 Å². The first-order valence-electron chi connectivity index (χ1n) is 9.86. The number of carbonyl (C=O) groups is 1. The summed E-state index contributed by atoms with van der Waals surface area (Å²) in [6.45, 7) is 0.206. The van der Waals surface area contributed by atoms with Gasteiger partial charge in [0.1, 0.15) is 18.0 Å². The number of amides is 1. The van der Waals surface area contributed by atoms with Crippen molar-refractivity contribution in [2.75, 3.05) is 27.7 Å². The van der Waals surface area contributed by atoms with E-state index in [1.165, 1.54) is 36.6 Å². The van der Waals surface area contributed by atoms with Crippen molar-refractivity contribution in [3.05, 3.63) is 80.0 Å². The van der Waals surface area contributed by atoms with Gasteiger partial charge in [0.15, 0.2) is 11.5 Å². The summed E-state index contributed by atoms with van der Waals surface area (Å²) in [5.74, 6) is -0.747. The molecule has 1 atom stereocenters. The summed E-state index contributed by atoms with van der Waals surface area (Å²) in [6, 6.07) is 8.15. The molecule has 9 nitrogen and oxygen atoms in total. The number of carbonyl (C=O) groups excluding carboxylic acids is 1. The van der Waals surface area contributed by atoms with Crippen LogP contribution >= 0.6 is 11.3 Å². The van der Waals surface area contributed by atoms with Crippen molar-refractivity contribution in [2.45, 2.75) is 12.6 Å². The van der Waals surface area contributed by atoms with E-state index in [1.807, 2.05) is 4.90 Å². The van der Waals surface area contributed by atoms with Gasteiger partial charge in [0.25, 0.3) is 11.6 Å². The summed E-state index contributed by atoms with van der Waals surface area (Å²) < 4.78 is 24.6. The molecule has 33 heavy (non-hydrogen) atoms. The van der Waals surface area contributed by atoms with Crippen LogP contribution in [0.5, 0.6) is 11.5 Å². The highest BCUT2D eigenvalue weighted by Gasteiger charge is 2.26. The zero-order valence-corrected chi connectivity index (χ0v) is 19.1. The van der Waals surface area contributed by atoms with E-state index < -0.39 is 16.5 Å². The molecule has 3 aromatic rings. The first-order valence-corrected chi connectivity index (χ1v) is 10.8. The number of nitrogens with zero attached hydrogens (tertiary/aromatic N) is 3. The number of benzene rings is 2. The number of rotatable bonds is 10. The highest BCUT2D eigenvalue weighted by atomic mass is 32.1. The largest absolute Gasteiger partial charge is 0.493 e. The van der Waals surface area contributed by atoms with E-state index in [0.29, 0.717) is 11.3 Å². The number of nitro benzene ring substituents is 1. The average Bonchev–Trinajstić information content (AvgIpc) is 3.30. The van der Waals surface area contributed by atoms with Crippen LogP contribution in [0.25, 0.3) is 0 Å². The Morgan fingerprint density at radius 2 is 2.09 bits per heavy atom. The highest BCUT2D eigenvalue weighted by molar-refractivity contribution is 7.07. The zero-order chi connectivity index (χ0) is 24.0. The fourth-order valence-electron chi connectivity index (χ4n) is 3.21. The molecule has 0 bridgehead atoms. The number of ether oxygens (including phenoxy) is 2. The van der Waals surface area contributed by atoms with Gasteiger partial charge < -0.3 is 19.7 Å². The van der Waals surface area contributed by atoms with Gasteiger partial charge in [0.05, 0.1) is 35.3 Å². The molecular formula is C22H23FN4O5S. The molecule has 1 amide bonds. The minimum Gasteiger partial charge on any atom is -0.493 e. The average molecular weight is 475 g/mol. The molecule has 0 fully saturated rings. The molecular weight excluding hydrogens is 451 g/mol.